The van der Waals surface area contributed by atoms with Crippen LogP contribution < -0.4 is 10.6 Å². The fourth-order valence-electron chi connectivity index (χ4n) is 3.39. The standard InChI is InChI=1S/C18H27ClN2O/c1-18(2,3)13-8-4-6-10-15(13)20-12-17(22)21-16-11-7-5-9-14(16)19/h5,7,9,11,13,15,20H,4,6,8,10,12H2,1-3H3,(H,21,22). The van der Waals surface area contributed by atoms with Crippen LogP contribution in [-0.2, 0) is 4.79 Å². The summed E-state index contributed by atoms with van der Waals surface area (Å²) in [6.07, 6.45) is 4.94. The molecule has 2 N–H and O–H groups in total. The predicted molar refractivity (Wildman–Crippen MR) is 93.3 cm³/mol. The molecule has 4 heteroatoms. The summed E-state index contributed by atoms with van der Waals surface area (Å²) >= 11 is 6.07. The van der Waals surface area contributed by atoms with Crippen molar-refractivity contribution in [2.75, 3.05) is 11.9 Å². The fraction of sp³-hybridized carbons (Fsp3) is 0.611. The van der Waals surface area contributed by atoms with E-state index in [1.165, 1.54) is 19.3 Å². The Morgan fingerprint density at radius 1 is 1.23 bits per heavy atom. The number of amides is 1. The summed E-state index contributed by atoms with van der Waals surface area (Å²) < 4.78 is 0. The van der Waals surface area contributed by atoms with E-state index in [0.717, 1.165) is 6.42 Å². The highest BCUT2D eigenvalue weighted by Gasteiger charge is 2.33. The molecular formula is C18H27ClN2O. The van der Waals surface area contributed by atoms with E-state index in [1.54, 1.807) is 6.07 Å². The molecule has 0 heterocycles. The van der Waals surface area contributed by atoms with Gasteiger partial charge >= 0.3 is 0 Å². The molecule has 0 aromatic heterocycles. The van der Waals surface area contributed by atoms with Gasteiger partial charge in [0.1, 0.15) is 0 Å². The van der Waals surface area contributed by atoms with Gasteiger partial charge in [-0.05, 0) is 36.3 Å². The highest BCUT2D eigenvalue weighted by molar-refractivity contribution is 6.33. The molecule has 1 aliphatic carbocycles. The third-order valence-corrected chi connectivity index (χ3v) is 4.88. The average molecular weight is 323 g/mol. The van der Waals surface area contributed by atoms with Gasteiger partial charge in [0.25, 0.3) is 0 Å². The Balaban J connectivity index is 1.88. The molecule has 2 rings (SSSR count). The quantitative estimate of drug-likeness (QED) is 0.858. The molecule has 0 bridgehead atoms. The number of nitrogens with one attached hydrogen (secondary N) is 2. The molecule has 2 unspecified atom stereocenters. The lowest BCUT2D eigenvalue weighted by molar-refractivity contribution is -0.115. The van der Waals surface area contributed by atoms with Gasteiger partial charge in [-0.3, -0.25) is 4.79 Å². The second-order valence-electron chi connectivity index (χ2n) is 7.27. The normalized spacial score (nSPS) is 22.4. The highest BCUT2D eigenvalue weighted by atomic mass is 35.5. The molecular weight excluding hydrogens is 296 g/mol. The number of carbonyl (C=O) groups is 1. The van der Waals surface area contributed by atoms with Crippen LogP contribution in [0.3, 0.4) is 0 Å². The zero-order chi connectivity index (χ0) is 16.2. The van der Waals surface area contributed by atoms with Gasteiger partial charge in [0.2, 0.25) is 5.91 Å². The number of anilines is 1. The molecule has 122 valence electrons. The van der Waals surface area contributed by atoms with Crippen molar-refractivity contribution < 1.29 is 4.79 Å². The molecule has 1 fully saturated rings. The van der Waals surface area contributed by atoms with Crippen molar-refractivity contribution in [2.45, 2.75) is 52.5 Å². The van der Waals surface area contributed by atoms with Crippen LogP contribution >= 0.6 is 11.6 Å². The molecule has 1 aliphatic rings. The zero-order valence-corrected chi connectivity index (χ0v) is 14.5. The Bertz CT molecular complexity index is 510. The van der Waals surface area contributed by atoms with E-state index in [0.29, 0.717) is 29.2 Å². The number of carbonyl (C=O) groups excluding carboxylic acids is 1. The maximum Gasteiger partial charge on any atom is 0.238 e. The Morgan fingerprint density at radius 3 is 2.59 bits per heavy atom. The molecule has 1 amide bonds. The van der Waals surface area contributed by atoms with Crippen molar-refractivity contribution in [3.63, 3.8) is 0 Å². The monoisotopic (exact) mass is 322 g/mol. The largest absolute Gasteiger partial charge is 0.324 e. The van der Waals surface area contributed by atoms with Gasteiger partial charge in [-0.25, -0.2) is 0 Å². The Hall–Kier alpha value is -1.06. The van der Waals surface area contributed by atoms with Gasteiger partial charge in [0, 0.05) is 6.04 Å². The lowest BCUT2D eigenvalue weighted by atomic mass is 9.69. The van der Waals surface area contributed by atoms with Gasteiger partial charge in [-0.1, -0.05) is 57.3 Å². The first-order valence-electron chi connectivity index (χ1n) is 8.15. The molecule has 1 saturated carbocycles. The fourth-order valence-corrected chi connectivity index (χ4v) is 3.58. The molecule has 0 radical (unpaired) electrons. The van der Waals surface area contributed by atoms with Gasteiger partial charge in [-0.2, -0.15) is 0 Å². The first kappa shape index (κ1) is 17.3. The van der Waals surface area contributed by atoms with E-state index < -0.39 is 0 Å². The molecule has 1 aromatic carbocycles. The third-order valence-electron chi connectivity index (χ3n) is 4.55. The number of para-hydroxylation sites is 1. The first-order chi connectivity index (χ1) is 10.4. The van der Waals surface area contributed by atoms with Crippen LogP contribution in [0.25, 0.3) is 0 Å². The minimum Gasteiger partial charge on any atom is -0.324 e. The van der Waals surface area contributed by atoms with Crippen LogP contribution in [0.5, 0.6) is 0 Å². The van der Waals surface area contributed by atoms with E-state index in [9.17, 15) is 4.79 Å². The number of halogens is 1. The van der Waals surface area contributed by atoms with Crippen LogP contribution in [0.1, 0.15) is 46.5 Å². The molecule has 0 aliphatic heterocycles. The van der Waals surface area contributed by atoms with Crippen LogP contribution in [0.2, 0.25) is 5.02 Å². The Morgan fingerprint density at radius 2 is 1.91 bits per heavy atom. The van der Waals surface area contributed by atoms with Crippen molar-refractivity contribution in [1.82, 2.24) is 5.32 Å². The van der Waals surface area contributed by atoms with Gasteiger partial charge in [-0.15, -0.1) is 0 Å². The van der Waals surface area contributed by atoms with Crippen molar-refractivity contribution in [3.8, 4) is 0 Å². The van der Waals surface area contributed by atoms with E-state index in [2.05, 4.69) is 31.4 Å². The highest BCUT2D eigenvalue weighted by Crippen LogP contribution is 2.37. The summed E-state index contributed by atoms with van der Waals surface area (Å²) in [5, 5.41) is 6.90. The second kappa shape index (κ2) is 7.47. The van der Waals surface area contributed by atoms with Gasteiger partial charge in [0.15, 0.2) is 0 Å². The smallest absolute Gasteiger partial charge is 0.238 e. The number of benzene rings is 1. The van der Waals surface area contributed by atoms with Crippen molar-refractivity contribution in [1.29, 1.82) is 0 Å². The van der Waals surface area contributed by atoms with E-state index >= 15 is 0 Å². The number of hydrogen-bond acceptors (Lipinski definition) is 2. The third kappa shape index (κ3) is 4.72. The van der Waals surface area contributed by atoms with Crippen LogP contribution in [0, 0.1) is 11.3 Å². The Kier molecular flexibility index (Phi) is 5.87. The summed E-state index contributed by atoms with van der Waals surface area (Å²) in [5.74, 6) is 0.584. The average Bonchev–Trinajstić information content (AvgIpc) is 2.47. The first-order valence-corrected chi connectivity index (χ1v) is 8.53. The van der Waals surface area contributed by atoms with Crippen LogP contribution in [0.15, 0.2) is 24.3 Å². The summed E-state index contributed by atoms with van der Waals surface area (Å²) in [5.41, 5.74) is 0.948. The van der Waals surface area contributed by atoms with Crippen LogP contribution in [0.4, 0.5) is 5.69 Å². The maximum atomic E-state index is 12.1. The molecule has 22 heavy (non-hydrogen) atoms. The van der Waals surface area contributed by atoms with Crippen molar-refractivity contribution >= 4 is 23.2 Å². The van der Waals surface area contributed by atoms with E-state index in [1.807, 2.05) is 18.2 Å². The molecule has 3 nitrogen and oxygen atoms in total. The number of hydrogen-bond donors (Lipinski definition) is 2. The topological polar surface area (TPSA) is 41.1 Å². The number of rotatable bonds is 4. The summed E-state index contributed by atoms with van der Waals surface area (Å²) in [7, 11) is 0. The van der Waals surface area contributed by atoms with E-state index in [4.69, 9.17) is 11.6 Å². The summed E-state index contributed by atoms with van der Waals surface area (Å²) in [6, 6.07) is 7.74. The summed E-state index contributed by atoms with van der Waals surface area (Å²) in [6.45, 7) is 7.22. The van der Waals surface area contributed by atoms with Gasteiger partial charge in [0.05, 0.1) is 17.3 Å². The molecule has 1 aromatic rings. The van der Waals surface area contributed by atoms with Crippen molar-refractivity contribution in [2.24, 2.45) is 11.3 Å². The minimum absolute atomic E-state index is 0.0358. The van der Waals surface area contributed by atoms with Gasteiger partial charge < -0.3 is 10.6 Å². The SMILES string of the molecule is CC(C)(C)C1CCCCC1NCC(=O)Nc1ccccc1Cl. The Labute approximate surface area is 138 Å². The second-order valence-corrected chi connectivity index (χ2v) is 7.68. The maximum absolute atomic E-state index is 12.1. The molecule has 2 atom stereocenters. The summed E-state index contributed by atoms with van der Waals surface area (Å²) in [4.78, 5) is 12.1. The lowest BCUT2D eigenvalue weighted by Gasteiger charge is -2.40. The van der Waals surface area contributed by atoms with Crippen molar-refractivity contribution in [3.05, 3.63) is 29.3 Å². The lowest BCUT2D eigenvalue weighted by Crippen LogP contribution is -2.46. The molecule has 0 spiro atoms. The minimum atomic E-state index is -0.0358. The van der Waals surface area contributed by atoms with Crippen LogP contribution in [-0.4, -0.2) is 18.5 Å². The zero-order valence-electron chi connectivity index (χ0n) is 13.8. The predicted octanol–water partition coefficient (Wildman–Crippen LogP) is 4.47. The molecule has 0 saturated heterocycles. The van der Waals surface area contributed by atoms with E-state index in [-0.39, 0.29) is 11.3 Å².